The molecule has 2 saturated heterocycles. The fourth-order valence-electron chi connectivity index (χ4n) is 3.12. The van der Waals surface area contributed by atoms with Crippen molar-refractivity contribution in [2.45, 2.75) is 12.3 Å². The van der Waals surface area contributed by atoms with E-state index in [0.717, 1.165) is 38.2 Å². The van der Waals surface area contributed by atoms with Gasteiger partial charge in [-0.25, -0.2) is 0 Å². The molecule has 5 nitrogen and oxygen atoms in total. The Balaban J connectivity index is 1.64. The van der Waals surface area contributed by atoms with Crippen LogP contribution in [-0.2, 0) is 9.59 Å². The van der Waals surface area contributed by atoms with Gasteiger partial charge in [0.15, 0.2) is 0 Å². The van der Waals surface area contributed by atoms with Crippen molar-refractivity contribution in [3.05, 3.63) is 34.9 Å². The average Bonchev–Trinajstić information content (AvgIpc) is 2.90. The number of carbonyl (C=O) groups is 2. The second-order valence-electron chi connectivity index (χ2n) is 5.75. The molecule has 6 heteroatoms. The van der Waals surface area contributed by atoms with Crippen molar-refractivity contribution in [2.24, 2.45) is 0 Å². The lowest BCUT2D eigenvalue weighted by Gasteiger charge is -2.29. The Bertz CT molecular complexity index is 572. The topological polar surface area (TPSA) is 52.7 Å². The number of rotatable bonds is 3. The molecule has 118 valence electrons. The number of halogens is 1. The lowest BCUT2D eigenvalue weighted by Crippen LogP contribution is -2.49. The van der Waals surface area contributed by atoms with Gasteiger partial charge in [-0.1, -0.05) is 29.8 Å². The third kappa shape index (κ3) is 3.10. The Hall–Kier alpha value is -1.59. The molecule has 0 aliphatic carbocycles. The van der Waals surface area contributed by atoms with Gasteiger partial charge in [0.05, 0.1) is 12.5 Å². The van der Waals surface area contributed by atoms with Gasteiger partial charge in [0.1, 0.15) is 0 Å². The van der Waals surface area contributed by atoms with Crippen molar-refractivity contribution in [1.29, 1.82) is 0 Å². The molecular weight excluding hydrogens is 302 g/mol. The SMILES string of the molecule is O=C(CN1CCC(c2ccccc2Cl)C1=O)N1CCNCC1. The number of hydrogen-bond donors (Lipinski definition) is 1. The summed E-state index contributed by atoms with van der Waals surface area (Å²) in [4.78, 5) is 28.3. The minimum absolute atomic E-state index is 0.0107. The maximum atomic E-state index is 12.6. The lowest BCUT2D eigenvalue weighted by molar-refractivity contribution is -0.139. The van der Waals surface area contributed by atoms with Gasteiger partial charge >= 0.3 is 0 Å². The van der Waals surface area contributed by atoms with Crippen LogP contribution in [0.15, 0.2) is 24.3 Å². The molecule has 0 spiro atoms. The summed E-state index contributed by atoms with van der Waals surface area (Å²) < 4.78 is 0. The van der Waals surface area contributed by atoms with Crippen molar-refractivity contribution in [3.8, 4) is 0 Å². The van der Waals surface area contributed by atoms with E-state index < -0.39 is 0 Å². The first-order chi connectivity index (χ1) is 10.7. The Morgan fingerprint density at radius 1 is 1.23 bits per heavy atom. The van der Waals surface area contributed by atoms with Crippen LogP contribution in [0.5, 0.6) is 0 Å². The molecule has 22 heavy (non-hydrogen) atoms. The number of carbonyl (C=O) groups excluding carboxylic acids is 2. The largest absolute Gasteiger partial charge is 0.339 e. The number of hydrogen-bond acceptors (Lipinski definition) is 3. The highest BCUT2D eigenvalue weighted by molar-refractivity contribution is 6.31. The molecule has 0 bridgehead atoms. The van der Waals surface area contributed by atoms with E-state index in [1.807, 2.05) is 23.1 Å². The minimum atomic E-state index is -0.218. The zero-order valence-electron chi connectivity index (χ0n) is 12.4. The summed E-state index contributed by atoms with van der Waals surface area (Å²) in [5.74, 6) is -0.171. The second kappa shape index (κ2) is 6.67. The maximum absolute atomic E-state index is 12.6. The van der Waals surface area contributed by atoms with Gasteiger partial charge < -0.3 is 15.1 Å². The second-order valence-corrected chi connectivity index (χ2v) is 6.16. The standard InChI is InChI=1S/C16H20ClN3O2/c17-14-4-2-1-3-12(14)13-5-8-20(16(13)22)11-15(21)19-9-6-18-7-10-19/h1-4,13,18H,5-11H2. The third-order valence-electron chi connectivity index (χ3n) is 4.37. The van der Waals surface area contributed by atoms with Gasteiger partial charge in [-0.2, -0.15) is 0 Å². The van der Waals surface area contributed by atoms with Crippen molar-refractivity contribution >= 4 is 23.4 Å². The molecule has 1 aromatic carbocycles. The average molecular weight is 322 g/mol. The Morgan fingerprint density at radius 2 is 1.95 bits per heavy atom. The van der Waals surface area contributed by atoms with Crippen LogP contribution in [0, 0.1) is 0 Å². The first kappa shape index (κ1) is 15.3. The molecule has 1 aromatic rings. The predicted molar refractivity (Wildman–Crippen MR) is 84.8 cm³/mol. The number of nitrogens with one attached hydrogen (secondary N) is 1. The molecule has 1 N–H and O–H groups in total. The zero-order valence-corrected chi connectivity index (χ0v) is 13.2. The number of benzene rings is 1. The Morgan fingerprint density at radius 3 is 2.68 bits per heavy atom. The summed E-state index contributed by atoms with van der Waals surface area (Å²) in [5.41, 5.74) is 0.867. The van der Waals surface area contributed by atoms with Crippen LogP contribution in [0.2, 0.25) is 5.02 Å². The molecule has 3 rings (SSSR count). The zero-order chi connectivity index (χ0) is 15.5. The van der Waals surface area contributed by atoms with E-state index in [1.54, 1.807) is 11.0 Å². The molecule has 2 aliphatic heterocycles. The molecular formula is C16H20ClN3O2. The minimum Gasteiger partial charge on any atom is -0.339 e. The van der Waals surface area contributed by atoms with Crippen molar-refractivity contribution < 1.29 is 9.59 Å². The highest BCUT2D eigenvalue weighted by Crippen LogP contribution is 2.32. The van der Waals surface area contributed by atoms with E-state index >= 15 is 0 Å². The van der Waals surface area contributed by atoms with Crippen LogP contribution in [0.1, 0.15) is 17.9 Å². The smallest absolute Gasteiger partial charge is 0.242 e. The van der Waals surface area contributed by atoms with Gasteiger partial charge in [-0.3, -0.25) is 9.59 Å². The predicted octanol–water partition coefficient (Wildman–Crippen LogP) is 1.09. The van der Waals surface area contributed by atoms with E-state index in [9.17, 15) is 9.59 Å². The molecule has 2 heterocycles. The summed E-state index contributed by atoms with van der Waals surface area (Å²) in [7, 11) is 0. The van der Waals surface area contributed by atoms with E-state index in [2.05, 4.69) is 5.32 Å². The highest BCUT2D eigenvalue weighted by Gasteiger charge is 2.35. The summed E-state index contributed by atoms with van der Waals surface area (Å²) in [6.45, 7) is 3.87. The van der Waals surface area contributed by atoms with Gasteiger partial charge in [0, 0.05) is 37.7 Å². The number of nitrogens with zero attached hydrogens (tertiary/aromatic N) is 2. The first-order valence-corrected chi connectivity index (χ1v) is 8.06. The van der Waals surface area contributed by atoms with Crippen LogP contribution in [0.25, 0.3) is 0 Å². The summed E-state index contributed by atoms with van der Waals surface area (Å²) in [5, 5.41) is 3.84. The fraction of sp³-hybridized carbons (Fsp3) is 0.500. The van der Waals surface area contributed by atoms with Gasteiger partial charge in [0.2, 0.25) is 11.8 Å². The number of piperazine rings is 1. The molecule has 2 fully saturated rings. The summed E-state index contributed by atoms with van der Waals surface area (Å²) in [6.07, 6.45) is 0.720. The third-order valence-corrected chi connectivity index (χ3v) is 4.72. The van der Waals surface area contributed by atoms with Gasteiger partial charge in [-0.05, 0) is 18.1 Å². The van der Waals surface area contributed by atoms with Gasteiger partial charge in [-0.15, -0.1) is 0 Å². The van der Waals surface area contributed by atoms with Crippen molar-refractivity contribution in [3.63, 3.8) is 0 Å². The van der Waals surface area contributed by atoms with Crippen molar-refractivity contribution in [1.82, 2.24) is 15.1 Å². The molecule has 0 aromatic heterocycles. The summed E-state index contributed by atoms with van der Waals surface area (Å²) >= 11 is 6.19. The molecule has 1 atom stereocenters. The first-order valence-electron chi connectivity index (χ1n) is 7.68. The maximum Gasteiger partial charge on any atom is 0.242 e. The summed E-state index contributed by atoms with van der Waals surface area (Å²) in [6, 6.07) is 7.45. The quantitative estimate of drug-likeness (QED) is 0.906. The fourth-order valence-corrected chi connectivity index (χ4v) is 3.39. The number of likely N-dealkylation sites (tertiary alicyclic amines) is 1. The van der Waals surface area contributed by atoms with E-state index in [-0.39, 0.29) is 24.3 Å². The van der Waals surface area contributed by atoms with Gasteiger partial charge in [0.25, 0.3) is 0 Å². The van der Waals surface area contributed by atoms with Crippen LogP contribution in [0.4, 0.5) is 0 Å². The van der Waals surface area contributed by atoms with E-state index in [4.69, 9.17) is 11.6 Å². The molecule has 2 amide bonds. The number of amides is 2. The molecule has 2 aliphatic rings. The molecule has 1 unspecified atom stereocenters. The highest BCUT2D eigenvalue weighted by atomic mass is 35.5. The van der Waals surface area contributed by atoms with E-state index in [1.165, 1.54) is 0 Å². The monoisotopic (exact) mass is 321 g/mol. The molecule has 0 saturated carbocycles. The van der Waals surface area contributed by atoms with Crippen molar-refractivity contribution in [2.75, 3.05) is 39.3 Å². The normalized spacial score (nSPS) is 22.2. The lowest BCUT2D eigenvalue weighted by atomic mass is 9.98. The van der Waals surface area contributed by atoms with Crippen LogP contribution in [0.3, 0.4) is 0 Å². The Labute approximate surface area is 135 Å². The van der Waals surface area contributed by atoms with Crippen LogP contribution >= 0.6 is 11.6 Å². The molecule has 0 radical (unpaired) electrons. The Kier molecular flexibility index (Phi) is 4.64. The van der Waals surface area contributed by atoms with E-state index in [0.29, 0.717) is 11.6 Å². The van der Waals surface area contributed by atoms with Crippen LogP contribution in [-0.4, -0.2) is 60.9 Å². The van der Waals surface area contributed by atoms with Crippen LogP contribution < -0.4 is 5.32 Å².